The quantitative estimate of drug-likeness (QED) is 0.0517. The zero-order valence-corrected chi connectivity index (χ0v) is 52.1. The second kappa shape index (κ2) is 30.0. The number of unbranched alkanes of at least 4 members (excludes halogenated alkanes) is 3. The zero-order valence-electron chi connectivity index (χ0n) is 47.2. The van der Waals surface area contributed by atoms with Crippen LogP contribution in [0.25, 0.3) is 0 Å². The molecule has 1 aliphatic rings. The van der Waals surface area contributed by atoms with Crippen LogP contribution in [0.1, 0.15) is 195 Å². The first-order chi connectivity index (χ1) is 30.6. The van der Waals surface area contributed by atoms with Crippen LogP contribution in [-0.4, -0.2) is 96.4 Å². The van der Waals surface area contributed by atoms with Crippen molar-refractivity contribution in [1.29, 1.82) is 0 Å². The minimum atomic E-state index is -2.45. The molecule has 10 atom stereocenters. The number of aliphatic hydroxyl groups excluding tert-OH is 1. The molecule has 1 N–H and O–H groups in total. The van der Waals surface area contributed by atoms with Crippen LogP contribution in [0, 0.1) is 29.6 Å². The first-order valence-electron chi connectivity index (χ1n) is 27.2. The number of Topliss-reactive ketones (excluding diaryl/α,β-unsaturated/α-hetero) is 2. The Morgan fingerprint density at radius 3 is 1.74 bits per heavy atom. The molecule has 0 amide bonds. The third-order valence-corrected chi connectivity index (χ3v) is 41.3. The van der Waals surface area contributed by atoms with E-state index in [2.05, 4.69) is 127 Å². The Morgan fingerprint density at radius 1 is 0.788 bits per heavy atom. The van der Waals surface area contributed by atoms with Crippen LogP contribution in [0.5, 0.6) is 0 Å². The summed E-state index contributed by atoms with van der Waals surface area (Å²) in [5, 5.41) is 11.4. The third-order valence-electron chi connectivity index (χ3n) is 16.6. The van der Waals surface area contributed by atoms with E-state index in [1.54, 1.807) is 7.11 Å². The monoisotopic (exact) mass is 1070 g/mol. The molecule has 0 heterocycles. The molecule has 7 nitrogen and oxygen atoms in total. The molecule has 0 aliphatic heterocycles. The van der Waals surface area contributed by atoms with Crippen molar-refractivity contribution in [2.45, 2.75) is 273 Å². The van der Waals surface area contributed by atoms with Crippen LogP contribution in [0.4, 0.5) is 0 Å². The van der Waals surface area contributed by atoms with E-state index < -0.39 is 59.2 Å². The van der Waals surface area contributed by atoms with Crippen LogP contribution in [-0.2, 0) is 27.9 Å². The number of carbonyl (C=O) groups is 2. The Balaban J connectivity index is 3.26. The van der Waals surface area contributed by atoms with E-state index >= 15 is 0 Å². The Kier molecular flexibility index (Phi) is 29.0. The fourth-order valence-electron chi connectivity index (χ4n) is 11.2. The zero-order chi connectivity index (χ0) is 50.8. The maximum atomic E-state index is 14.6. The van der Waals surface area contributed by atoms with E-state index in [1.165, 1.54) is 51.8 Å². The van der Waals surface area contributed by atoms with E-state index in [0.717, 1.165) is 37.7 Å². The van der Waals surface area contributed by atoms with Gasteiger partial charge >= 0.3 is 257 Å². The molecule has 1 aliphatic carbocycles. The van der Waals surface area contributed by atoms with Gasteiger partial charge in [0, 0.05) is 13.5 Å². The van der Waals surface area contributed by atoms with E-state index in [-0.39, 0.29) is 47.1 Å². The number of ether oxygens (including phenoxy) is 2. The third kappa shape index (κ3) is 19.1. The van der Waals surface area contributed by atoms with Gasteiger partial charge in [0.25, 0.3) is 0 Å². The molecule has 66 heavy (non-hydrogen) atoms. The molecule has 10 heteroatoms. The second-order valence-corrected chi connectivity index (χ2v) is 47.3. The Bertz CT molecular complexity index is 1410. The van der Waals surface area contributed by atoms with Crippen LogP contribution in [0.3, 0.4) is 0 Å². The first kappa shape index (κ1) is 63.9. The van der Waals surface area contributed by atoms with Gasteiger partial charge in [0.15, 0.2) is 0 Å². The topological polar surface area (TPSA) is 91.3 Å². The number of ketones is 2. The van der Waals surface area contributed by atoms with Crippen molar-refractivity contribution < 1.29 is 33.0 Å². The molecular formula is C56H110O7Si2Sn. The van der Waals surface area contributed by atoms with Gasteiger partial charge in [0.05, 0.1) is 18.3 Å². The van der Waals surface area contributed by atoms with E-state index in [9.17, 15) is 14.7 Å². The summed E-state index contributed by atoms with van der Waals surface area (Å²) >= 11 is -2.45. The van der Waals surface area contributed by atoms with Crippen molar-refractivity contribution in [3.63, 3.8) is 0 Å². The van der Waals surface area contributed by atoms with Gasteiger partial charge in [-0.15, -0.1) is 0 Å². The number of carbonyl (C=O) groups excluding carboxylic acids is 2. The molecule has 1 saturated carbocycles. The van der Waals surface area contributed by atoms with Gasteiger partial charge in [-0.1, -0.05) is 48.5 Å². The van der Waals surface area contributed by atoms with Crippen LogP contribution in [0.2, 0.25) is 48.1 Å². The summed E-state index contributed by atoms with van der Waals surface area (Å²) in [6, 6.07) is 0. The van der Waals surface area contributed by atoms with Gasteiger partial charge in [-0.3, -0.25) is 4.79 Å². The van der Waals surface area contributed by atoms with Crippen molar-refractivity contribution in [3.8, 4) is 0 Å². The normalized spacial score (nSPS) is 21.7. The van der Waals surface area contributed by atoms with Gasteiger partial charge in [0.2, 0.25) is 8.32 Å². The van der Waals surface area contributed by atoms with E-state index in [4.69, 9.17) is 18.3 Å². The van der Waals surface area contributed by atoms with Gasteiger partial charge in [0.1, 0.15) is 0 Å². The molecule has 388 valence electrons. The fraction of sp³-hybridized carbons (Fsp3) is 0.893. The number of hydrogen-bond donors (Lipinski definition) is 1. The van der Waals surface area contributed by atoms with Crippen molar-refractivity contribution >= 4 is 46.6 Å². The number of aliphatic hydroxyl groups is 1. The molecule has 0 aromatic heterocycles. The average Bonchev–Trinajstić information content (AvgIpc) is 3.23. The Morgan fingerprint density at radius 2 is 1.30 bits per heavy atom. The van der Waals surface area contributed by atoms with Gasteiger partial charge in [-0.2, -0.15) is 0 Å². The Hall–Kier alpha value is -0.148. The average molecular weight is 1070 g/mol. The fourth-order valence-corrected chi connectivity index (χ4v) is 32.8. The van der Waals surface area contributed by atoms with Gasteiger partial charge < -0.3 is 14.3 Å². The first-order valence-corrected chi connectivity index (χ1v) is 39.9. The number of hydrogen-bond acceptors (Lipinski definition) is 7. The van der Waals surface area contributed by atoms with Crippen LogP contribution in [0.15, 0.2) is 21.8 Å². The molecule has 1 fully saturated rings. The molecule has 0 radical (unpaired) electrons. The SMILES string of the molecule is CCC[CH2][Sn](/[CH]=C/[C@@H](C)C[C@@H](C)C(=O)[C@H](OC)[C@H](O[Si](C)(C)C(C)(C)C)/C(C)=C/[C@@H](C)C(=O)C[C@H](O)[C@H](C)C[C@@H]1CC[C@@H](O[Si](C(C)C)(C(C)C)C(C)C)[C@H](OC)C1)([CH2]CCC)[CH2]CCC. The summed E-state index contributed by atoms with van der Waals surface area (Å²) in [6.45, 7) is 42.4. The van der Waals surface area contributed by atoms with Gasteiger partial charge in [-0.25, -0.2) is 0 Å². The summed E-state index contributed by atoms with van der Waals surface area (Å²) in [5.74, 6) is 0.0528. The van der Waals surface area contributed by atoms with Crippen molar-refractivity contribution in [2.24, 2.45) is 29.6 Å². The van der Waals surface area contributed by atoms with Crippen molar-refractivity contribution in [3.05, 3.63) is 21.8 Å². The predicted octanol–water partition coefficient (Wildman–Crippen LogP) is 15.9. The van der Waals surface area contributed by atoms with Crippen LogP contribution < -0.4 is 0 Å². The molecule has 1 rings (SSSR count). The molecular weight excluding hydrogens is 959 g/mol. The standard InChI is InChI=1S/C44H83O7Si2.3C4H9.Sn/c1-20-31(8)23-34(11)41(47)43(49-17)42(51-52(18,19)44(13,14)15)35(12)24-32(9)37(45)27-38(46)33(10)25-36-21-22-39(40(26-36)48-16)50-53(28(2)3,29(4)5)30(6)7;3*1-3-4-2;/h1,20,24,28-34,36,38-40,42-43,46H,21-23,25-27H2,2-19H3;3*1,3-4H2,2H3;/b20-1?,35-24+;;;;/t31-,32-,33-,34-,36+,38+,39-,40-,42-,43+;;;;/m1..../s1. The molecule has 0 bridgehead atoms. The molecule has 0 saturated heterocycles. The number of methoxy groups -OCH3 is 2. The predicted molar refractivity (Wildman–Crippen MR) is 291 cm³/mol. The Labute approximate surface area is 416 Å². The van der Waals surface area contributed by atoms with Crippen molar-refractivity contribution in [2.75, 3.05) is 14.2 Å². The molecule has 0 spiro atoms. The van der Waals surface area contributed by atoms with Crippen LogP contribution >= 0.6 is 0 Å². The minimum absolute atomic E-state index is 0.00321. The molecule has 0 unspecified atom stereocenters. The summed E-state index contributed by atoms with van der Waals surface area (Å²) in [5.41, 5.74) is 2.40. The summed E-state index contributed by atoms with van der Waals surface area (Å²) < 4.78 is 33.7. The summed E-state index contributed by atoms with van der Waals surface area (Å²) in [7, 11) is -0.992. The summed E-state index contributed by atoms with van der Waals surface area (Å²) in [4.78, 5) is 28.5. The number of rotatable bonds is 33. The second-order valence-electron chi connectivity index (χ2n) is 24.1. The van der Waals surface area contributed by atoms with Crippen molar-refractivity contribution in [1.82, 2.24) is 0 Å². The number of allylic oxidation sites excluding steroid dienone is 2. The molecule has 0 aromatic carbocycles. The van der Waals surface area contributed by atoms with Gasteiger partial charge in [-0.05, 0) is 54.1 Å². The van der Waals surface area contributed by atoms with E-state index in [1.807, 2.05) is 27.0 Å². The molecule has 0 aromatic rings. The maximum absolute atomic E-state index is 14.6. The van der Waals surface area contributed by atoms with E-state index in [0.29, 0.717) is 28.5 Å². The summed E-state index contributed by atoms with van der Waals surface area (Å²) in [6.07, 6.45) is 14.9.